The average molecular weight is 252 g/mol. The molecule has 1 unspecified atom stereocenters. The van der Waals surface area contributed by atoms with E-state index in [9.17, 15) is 0 Å². The van der Waals surface area contributed by atoms with E-state index in [4.69, 9.17) is 5.73 Å². The number of nitrogens with two attached hydrogens (primary N) is 1. The van der Waals surface area contributed by atoms with Gasteiger partial charge in [0.15, 0.2) is 11.6 Å². The summed E-state index contributed by atoms with van der Waals surface area (Å²) in [6.45, 7) is 4.34. The number of nitrogens with zero attached hydrogens (tertiary/aromatic N) is 2. The zero-order chi connectivity index (χ0) is 13.5. The molecule has 1 aromatic heterocycles. The van der Waals surface area contributed by atoms with Crippen molar-refractivity contribution in [3.05, 3.63) is 0 Å². The molecule has 5 N–H and O–H groups in total. The van der Waals surface area contributed by atoms with Crippen molar-refractivity contribution >= 4 is 23.3 Å². The molecule has 1 heterocycles. The van der Waals surface area contributed by atoms with Crippen LogP contribution in [0, 0.1) is 0 Å². The first-order chi connectivity index (χ1) is 8.65. The van der Waals surface area contributed by atoms with Crippen LogP contribution in [-0.4, -0.2) is 30.1 Å². The van der Waals surface area contributed by atoms with E-state index >= 15 is 0 Å². The lowest BCUT2D eigenvalue weighted by Gasteiger charge is -2.20. The van der Waals surface area contributed by atoms with Gasteiger partial charge < -0.3 is 21.7 Å². The van der Waals surface area contributed by atoms with Gasteiger partial charge in [-0.25, -0.2) is 0 Å². The Morgan fingerprint density at radius 3 is 2.39 bits per heavy atom. The highest BCUT2D eigenvalue weighted by molar-refractivity contribution is 5.77. The van der Waals surface area contributed by atoms with Gasteiger partial charge in [0.05, 0.1) is 0 Å². The van der Waals surface area contributed by atoms with E-state index in [2.05, 4.69) is 39.8 Å². The van der Waals surface area contributed by atoms with Crippen LogP contribution in [0.25, 0.3) is 0 Å². The molecule has 0 amide bonds. The second kappa shape index (κ2) is 6.88. The van der Waals surface area contributed by atoms with E-state index < -0.39 is 0 Å². The van der Waals surface area contributed by atoms with Gasteiger partial charge in [0.1, 0.15) is 5.69 Å². The molecule has 1 rings (SSSR count). The lowest BCUT2D eigenvalue weighted by Crippen LogP contribution is -2.21. The summed E-state index contributed by atoms with van der Waals surface area (Å²) in [6, 6.07) is 0.404. The lowest BCUT2D eigenvalue weighted by molar-refractivity contribution is 0.620. The molecule has 0 aliphatic rings. The summed E-state index contributed by atoms with van der Waals surface area (Å²) in [5.41, 5.74) is 6.66. The zero-order valence-corrected chi connectivity index (χ0v) is 11.7. The number of hydrogen-bond acceptors (Lipinski definition) is 6. The van der Waals surface area contributed by atoms with Crippen LogP contribution in [0.1, 0.15) is 33.1 Å². The Kier molecular flexibility index (Phi) is 5.48. The maximum atomic E-state index is 5.91. The summed E-state index contributed by atoms with van der Waals surface area (Å²) >= 11 is 0. The van der Waals surface area contributed by atoms with Crippen LogP contribution in [0.5, 0.6) is 0 Å². The number of anilines is 4. The largest absolute Gasteiger partial charge is 0.382 e. The Balaban J connectivity index is 3.00. The van der Waals surface area contributed by atoms with Crippen molar-refractivity contribution in [2.75, 3.05) is 35.8 Å². The van der Waals surface area contributed by atoms with E-state index in [1.54, 1.807) is 7.05 Å². The van der Waals surface area contributed by atoms with Gasteiger partial charge in [-0.3, -0.25) is 0 Å². The van der Waals surface area contributed by atoms with E-state index in [0.717, 1.165) is 30.8 Å². The first-order valence-corrected chi connectivity index (χ1v) is 6.45. The Bertz CT molecular complexity index is 379. The molecule has 0 fully saturated rings. The minimum Gasteiger partial charge on any atom is -0.382 e. The third-order valence-corrected chi connectivity index (χ3v) is 2.88. The van der Waals surface area contributed by atoms with Gasteiger partial charge >= 0.3 is 0 Å². The van der Waals surface area contributed by atoms with Gasteiger partial charge in [-0.2, -0.15) is 9.97 Å². The minimum absolute atomic E-state index is 0.404. The fourth-order valence-electron chi connectivity index (χ4n) is 1.86. The van der Waals surface area contributed by atoms with Crippen molar-refractivity contribution in [2.24, 2.45) is 0 Å². The molecule has 18 heavy (non-hydrogen) atoms. The van der Waals surface area contributed by atoms with Gasteiger partial charge in [-0.15, -0.1) is 0 Å². The monoisotopic (exact) mass is 252 g/mol. The molecule has 1 atom stereocenters. The quantitative estimate of drug-likeness (QED) is 0.594. The molecule has 1 aromatic rings. The summed E-state index contributed by atoms with van der Waals surface area (Å²) in [6.07, 6.45) is 3.30. The molecular weight excluding hydrogens is 228 g/mol. The fraction of sp³-hybridized carbons (Fsp3) is 0.667. The van der Waals surface area contributed by atoms with E-state index in [0.29, 0.717) is 17.8 Å². The summed E-state index contributed by atoms with van der Waals surface area (Å²) < 4.78 is 0. The van der Waals surface area contributed by atoms with Crippen LogP contribution in [-0.2, 0) is 0 Å². The summed E-state index contributed by atoms with van der Waals surface area (Å²) in [7, 11) is 3.60. The first-order valence-electron chi connectivity index (χ1n) is 6.45. The van der Waals surface area contributed by atoms with Crippen molar-refractivity contribution < 1.29 is 0 Å². The SMILES string of the molecule is CCCC(CC)Nc1nc(NC)nc(N)c1NC. The molecule has 0 saturated carbocycles. The Morgan fingerprint density at radius 2 is 1.89 bits per heavy atom. The molecule has 0 spiro atoms. The molecule has 6 heteroatoms. The number of nitrogens with one attached hydrogen (secondary N) is 3. The third-order valence-electron chi connectivity index (χ3n) is 2.88. The maximum absolute atomic E-state index is 5.91. The van der Waals surface area contributed by atoms with Crippen LogP contribution < -0.4 is 21.7 Å². The van der Waals surface area contributed by atoms with Gasteiger partial charge in [-0.05, 0) is 12.8 Å². The second-order valence-electron chi connectivity index (χ2n) is 4.19. The van der Waals surface area contributed by atoms with Gasteiger partial charge in [0.25, 0.3) is 0 Å². The van der Waals surface area contributed by atoms with Crippen LogP contribution in [0.3, 0.4) is 0 Å². The maximum Gasteiger partial charge on any atom is 0.226 e. The normalized spacial score (nSPS) is 12.0. The molecule has 0 aliphatic heterocycles. The Labute approximate surface area is 109 Å². The number of nitrogen functional groups attached to an aromatic ring is 1. The first kappa shape index (κ1) is 14.3. The third kappa shape index (κ3) is 3.38. The predicted molar refractivity (Wildman–Crippen MR) is 78.1 cm³/mol. The van der Waals surface area contributed by atoms with E-state index in [1.165, 1.54) is 0 Å². The summed E-state index contributed by atoms with van der Waals surface area (Å²) in [4.78, 5) is 8.57. The van der Waals surface area contributed by atoms with Crippen molar-refractivity contribution in [1.82, 2.24) is 9.97 Å². The van der Waals surface area contributed by atoms with Crippen LogP contribution >= 0.6 is 0 Å². The molecule has 6 nitrogen and oxygen atoms in total. The fourth-order valence-corrected chi connectivity index (χ4v) is 1.86. The topological polar surface area (TPSA) is 87.9 Å². The zero-order valence-electron chi connectivity index (χ0n) is 11.7. The highest BCUT2D eigenvalue weighted by Gasteiger charge is 2.13. The number of aromatic nitrogens is 2. The van der Waals surface area contributed by atoms with Crippen molar-refractivity contribution in [3.8, 4) is 0 Å². The molecule has 0 saturated heterocycles. The molecule has 0 aromatic carbocycles. The lowest BCUT2D eigenvalue weighted by atomic mass is 10.1. The smallest absolute Gasteiger partial charge is 0.226 e. The highest BCUT2D eigenvalue weighted by atomic mass is 15.2. The van der Waals surface area contributed by atoms with Crippen molar-refractivity contribution in [2.45, 2.75) is 39.2 Å². The van der Waals surface area contributed by atoms with Crippen LogP contribution in [0.2, 0.25) is 0 Å². The van der Waals surface area contributed by atoms with Gasteiger partial charge in [0.2, 0.25) is 5.95 Å². The molecule has 0 radical (unpaired) electrons. The van der Waals surface area contributed by atoms with Crippen LogP contribution in [0.15, 0.2) is 0 Å². The van der Waals surface area contributed by atoms with Crippen LogP contribution in [0.4, 0.5) is 23.3 Å². The number of hydrogen-bond donors (Lipinski definition) is 4. The van der Waals surface area contributed by atoms with Crippen molar-refractivity contribution in [3.63, 3.8) is 0 Å². The predicted octanol–water partition coefficient (Wildman–Crippen LogP) is 2.13. The Hall–Kier alpha value is -1.72. The summed E-state index contributed by atoms with van der Waals surface area (Å²) in [5, 5.41) is 9.39. The standard InChI is InChI=1S/C12H24N6/c1-5-7-8(6-2)16-11-9(14-3)10(13)17-12(15-4)18-11/h8,14H,5-7H2,1-4H3,(H4,13,15,16,17,18). The van der Waals surface area contributed by atoms with Gasteiger partial charge in [-0.1, -0.05) is 20.3 Å². The molecule has 0 bridgehead atoms. The number of rotatable bonds is 7. The Morgan fingerprint density at radius 1 is 1.17 bits per heavy atom. The summed E-state index contributed by atoms with van der Waals surface area (Å²) in [5.74, 6) is 1.74. The molecule has 102 valence electrons. The van der Waals surface area contributed by atoms with Gasteiger partial charge in [0, 0.05) is 20.1 Å². The highest BCUT2D eigenvalue weighted by Crippen LogP contribution is 2.27. The second-order valence-corrected chi connectivity index (χ2v) is 4.19. The van der Waals surface area contributed by atoms with E-state index in [1.807, 2.05) is 7.05 Å². The minimum atomic E-state index is 0.404. The average Bonchev–Trinajstić information content (AvgIpc) is 2.37. The van der Waals surface area contributed by atoms with E-state index in [-0.39, 0.29) is 0 Å². The molecule has 0 aliphatic carbocycles. The molecular formula is C12H24N6. The van der Waals surface area contributed by atoms with Crippen molar-refractivity contribution in [1.29, 1.82) is 0 Å².